The van der Waals surface area contributed by atoms with Gasteiger partial charge in [0.1, 0.15) is 36.2 Å². The van der Waals surface area contributed by atoms with Crippen LogP contribution in [0.5, 0.6) is 0 Å². The molecule has 9 heteroatoms. The maximum atomic E-state index is 10.8. The van der Waals surface area contributed by atoms with Crippen LogP contribution < -0.4 is 5.48 Å². The van der Waals surface area contributed by atoms with Crippen LogP contribution in [0.4, 0.5) is 5.82 Å². The molecule has 1 aromatic carbocycles. The average Bonchev–Trinajstić information content (AvgIpc) is 3.28. The molecule has 0 amide bonds. The Morgan fingerprint density at radius 2 is 2.00 bits per heavy atom. The SMILES string of the molecule is CONc1nc([C@H]2O[C@H]([C@H](O)c3ccc4c(c3)CC4)[C@@H](O)[C@H]2O)nc2[nH]ccc12. The van der Waals surface area contributed by atoms with Gasteiger partial charge in [0.05, 0.1) is 12.5 Å². The Bertz CT molecular complexity index is 1050. The molecular weight excluding hydrogens is 376 g/mol. The van der Waals surface area contributed by atoms with E-state index in [0.29, 0.717) is 22.4 Å². The Balaban J connectivity index is 1.44. The van der Waals surface area contributed by atoms with E-state index in [2.05, 4.69) is 20.4 Å². The smallest absolute Gasteiger partial charge is 0.164 e. The molecule has 5 atom stereocenters. The summed E-state index contributed by atoms with van der Waals surface area (Å²) in [6.07, 6.45) is -1.92. The minimum Gasteiger partial charge on any atom is -0.387 e. The van der Waals surface area contributed by atoms with Gasteiger partial charge >= 0.3 is 0 Å². The van der Waals surface area contributed by atoms with Crippen molar-refractivity contribution >= 4 is 16.9 Å². The lowest BCUT2D eigenvalue weighted by Gasteiger charge is -2.25. The van der Waals surface area contributed by atoms with Crippen LogP contribution in [0.25, 0.3) is 11.0 Å². The molecule has 0 unspecified atom stereocenters. The molecule has 152 valence electrons. The number of hydrogen-bond donors (Lipinski definition) is 5. The fourth-order valence-corrected chi connectivity index (χ4v) is 4.03. The van der Waals surface area contributed by atoms with Gasteiger partial charge in [-0.05, 0) is 35.6 Å². The van der Waals surface area contributed by atoms with Gasteiger partial charge in [-0.25, -0.2) is 15.4 Å². The molecule has 2 aromatic heterocycles. The number of nitrogens with one attached hydrogen (secondary N) is 2. The van der Waals surface area contributed by atoms with Crippen molar-refractivity contribution in [2.75, 3.05) is 12.6 Å². The summed E-state index contributed by atoms with van der Waals surface area (Å²) in [5.74, 6) is 0.586. The third-order valence-corrected chi connectivity index (χ3v) is 5.73. The first-order valence-electron chi connectivity index (χ1n) is 9.52. The van der Waals surface area contributed by atoms with Gasteiger partial charge in [0.2, 0.25) is 0 Å². The van der Waals surface area contributed by atoms with Crippen molar-refractivity contribution in [2.45, 2.75) is 43.4 Å². The second-order valence-corrected chi connectivity index (χ2v) is 7.45. The van der Waals surface area contributed by atoms with Crippen molar-refractivity contribution in [3.63, 3.8) is 0 Å². The molecule has 3 aromatic rings. The highest BCUT2D eigenvalue weighted by Gasteiger charge is 2.48. The zero-order chi connectivity index (χ0) is 20.1. The quantitative estimate of drug-likeness (QED) is 0.401. The minimum absolute atomic E-state index is 0.179. The molecule has 9 nitrogen and oxygen atoms in total. The second kappa shape index (κ2) is 7.05. The number of aliphatic hydroxyl groups is 3. The van der Waals surface area contributed by atoms with Crippen molar-refractivity contribution in [3.8, 4) is 0 Å². The summed E-state index contributed by atoms with van der Waals surface area (Å²) in [6, 6.07) is 7.54. The van der Waals surface area contributed by atoms with Gasteiger partial charge in [0.15, 0.2) is 11.6 Å². The number of nitrogens with zero attached hydrogens (tertiary/aromatic N) is 2. The van der Waals surface area contributed by atoms with E-state index in [-0.39, 0.29) is 5.82 Å². The standard InChI is InChI=1S/C20H22N4O5/c1-28-24-19-12-6-7-21-18(12)22-20(23-19)17-15(27)14(26)16(29-17)13(25)11-5-3-9-2-4-10(9)8-11/h3,5-8,13-17,25-27H,2,4H2,1H3,(H2,21,22,23,24)/t13-,14+,15-,16-,17+/m1/s1. The molecule has 29 heavy (non-hydrogen) atoms. The van der Waals surface area contributed by atoms with Crippen molar-refractivity contribution in [3.05, 3.63) is 53.0 Å². The second-order valence-electron chi connectivity index (χ2n) is 7.45. The molecule has 0 bridgehead atoms. The molecular formula is C20H22N4O5. The predicted octanol–water partition coefficient (Wildman–Crippen LogP) is 0.925. The largest absolute Gasteiger partial charge is 0.387 e. The van der Waals surface area contributed by atoms with Crippen LogP contribution in [0.1, 0.15) is 34.7 Å². The molecule has 0 saturated carbocycles. The number of aliphatic hydroxyl groups excluding tert-OH is 3. The summed E-state index contributed by atoms with van der Waals surface area (Å²) in [7, 11) is 1.46. The third-order valence-electron chi connectivity index (χ3n) is 5.73. The van der Waals surface area contributed by atoms with E-state index >= 15 is 0 Å². The fraction of sp³-hybridized carbons (Fsp3) is 0.400. The van der Waals surface area contributed by atoms with Gasteiger partial charge in [-0.1, -0.05) is 18.2 Å². The summed E-state index contributed by atoms with van der Waals surface area (Å²) >= 11 is 0. The average molecular weight is 398 g/mol. The van der Waals surface area contributed by atoms with E-state index in [1.54, 1.807) is 12.3 Å². The Morgan fingerprint density at radius 1 is 1.17 bits per heavy atom. The number of aryl methyl sites for hydroxylation is 2. The first-order valence-corrected chi connectivity index (χ1v) is 9.52. The highest BCUT2D eigenvalue weighted by atomic mass is 16.6. The molecule has 1 fully saturated rings. The number of hydrogen-bond acceptors (Lipinski definition) is 8. The van der Waals surface area contributed by atoms with Crippen molar-refractivity contribution in [1.82, 2.24) is 15.0 Å². The van der Waals surface area contributed by atoms with Crippen LogP contribution >= 0.6 is 0 Å². The van der Waals surface area contributed by atoms with Crippen molar-refractivity contribution in [2.24, 2.45) is 0 Å². The molecule has 3 heterocycles. The lowest BCUT2D eigenvalue weighted by atomic mass is 9.85. The number of rotatable bonds is 5. The van der Waals surface area contributed by atoms with Crippen LogP contribution in [0.2, 0.25) is 0 Å². The van der Waals surface area contributed by atoms with Crippen LogP contribution in [-0.2, 0) is 22.4 Å². The molecule has 0 spiro atoms. The number of fused-ring (bicyclic) bond motifs is 2. The van der Waals surface area contributed by atoms with Gasteiger partial charge in [0, 0.05) is 6.20 Å². The summed E-state index contributed by atoms with van der Waals surface area (Å²) < 4.78 is 5.88. The summed E-state index contributed by atoms with van der Waals surface area (Å²) in [4.78, 5) is 16.8. The lowest BCUT2D eigenvalue weighted by Crippen LogP contribution is -2.34. The Kier molecular flexibility index (Phi) is 4.49. The van der Waals surface area contributed by atoms with Crippen molar-refractivity contribution in [1.29, 1.82) is 0 Å². The van der Waals surface area contributed by atoms with E-state index in [0.717, 1.165) is 12.8 Å². The minimum atomic E-state index is -1.29. The summed E-state index contributed by atoms with van der Waals surface area (Å²) in [6.45, 7) is 0. The van der Waals surface area contributed by atoms with Crippen LogP contribution in [0.15, 0.2) is 30.5 Å². The molecule has 5 N–H and O–H groups in total. The number of aromatic amines is 1. The number of ether oxygens (including phenoxy) is 1. The van der Waals surface area contributed by atoms with E-state index in [9.17, 15) is 15.3 Å². The van der Waals surface area contributed by atoms with E-state index in [4.69, 9.17) is 9.57 Å². The highest BCUT2D eigenvalue weighted by molar-refractivity contribution is 5.86. The van der Waals surface area contributed by atoms with Crippen LogP contribution in [-0.4, -0.2) is 55.7 Å². The Hall–Kier alpha value is -2.56. The molecule has 1 aliphatic heterocycles. The maximum absolute atomic E-state index is 10.8. The third kappa shape index (κ3) is 2.98. The van der Waals surface area contributed by atoms with Gasteiger partial charge in [0.25, 0.3) is 0 Å². The number of aromatic nitrogens is 3. The zero-order valence-corrected chi connectivity index (χ0v) is 15.7. The van der Waals surface area contributed by atoms with E-state index in [1.165, 1.54) is 18.2 Å². The zero-order valence-electron chi connectivity index (χ0n) is 15.7. The number of anilines is 1. The van der Waals surface area contributed by atoms with E-state index in [1.807, 2.05) is 18.2 Å². The number of H-pyrrole nitrogens is 1. The Morgan fingerprint density at radius 3 is 2.72 bits per heavy atom. The van der Waals surface area contributed by atoms with Gasteiger partial charge < -0.3 is 25.0 Å². The molecule has 1 aliphatic carbocycles. The van der Waals surface area contributed by atoms with E-state index < -0.39 is 30.5 Å². The fourth-order valence-electron chi connectivity index (χ4n) is 4.03. The van der Waals surface area contributed by atoms with Crippen LogP contribution in [0, 0.1) is 0 Å². The first-order chi connectivity index (χ1) is 14.1. The number of benzene rings is 1. The van der Waals surface area contributed by atoms with Gasteiger partial charge in [-0.15, -0.1) is 0 Å². The highest BCUT2D eigenvalue weighted by Crippen LogP contribution is 2.39. The maximum Gasteiger partial charge on any atom is 0.164 e. The summed E-state index contributed by atoms with van der Waals surface area (Å²) in [5.41, 5.74) is 6.34. The predicted molar refractivity (Wildman–Crippen MR) is 103 cm³/mol. The van der Waals surface area contributed by atoms with Crippen molar-refractivity contribution < 1.29 is 24.9 Å². The molecule has 1 saturated heterocycles. The monoisotopic (exact) mass is 398 g/mol. The Labute approximate surface area is 166 Å². The topological polar surface area (TPSA) is 133 Å². The van der Waals surface area contributed by atoms with Gasteiger partial charge in [-0.3, -0.25) is 4.84 Å². The first kappa shape index (κ1) is 18.5. The molecule has 5 rings (SSSR count). The molecule has 2 aliphatic rings. The summed E-state index contributed by atoms with van der Waals surface area (Å²) in [5, 5.41) is 32.7. The van der Waals surface area contributed by atoms with Crippen LogP contribution in [0.3, 0.4) is 0 Å². The van der Waals surface area contributed by atoms with Gasteiger partial charge in [-0.2, -0.15) is 0 Å². The molecule has 0 radical (unpaired) electrons. The normalized spacial score (nSPS) is 26.9. The lowest BCUT2D eigenvalue weighted by molar-refractivity contribution is -0.0691.